The molecule has 0 saturated carbocycles. The van der Waals surface area contributed by atoms with E-state index in [1.165, 1.54) is 16.7 Å². The Kier molecular flexibility index (Phi) is 3.16. The Morgan fingerprint density at radius 2 is 1.77 bits per heavy atom. The summed E-state index contributed by atoms with van der Waals surface area (Å²) in [5.41, 5.74) is 5.80. The van der Waals surface area contributed by atoms with Crippen LogP contribution in [0.4, 0.5) is 5.82 Å². The second kappa shape index (κ2) is 5.18. The van der Waals surface area contributed by atoms with Crippen molar-refractivity contribution in [1.29, 1.82) is 0 Å². The molecule has 0 atom stereocenters. The summed E-state index contributed by atoms with van der Waals surface area (Å²) in [4.78, 5) is 0. The molecule has 0 amide bonds. The van der Waals surface area contributed by atoms with Gasteiger partial charge in [0.25, 0.3) is 0 Å². The number of hydrogen-bond donors (Lipinski definition) is 1. The van der Waals surface area contributed by atoms with Gasteiger partial charge in [0, 0.05) is 22.7 Å². The highest BCUT2D eigenvalue weighted by atomic mass is 35.5. The summed E-state index contributed by atoms with van der Waals surface area (Å²) in [6.07, 6.45) is 1.01. The van der Waals surface area contributed by atoms with Crippen LogP contribution in [-0.4, -0.2) is 16.3 Å². The minimum absolute atomic E-state index is 0.735. The minimum atomic E-state index is 0.735. The predicted octanol–water partition coefficient (Wildman–Crippen LogP) is 4.47. The van der Waals surface area contributed by atoms with Crippen molar-refractivity contribution < 1.29 is 0 Å². The number of aromatic nitrogens is 2. The fraction of sp³-hybridized carbons (Fsp3) is 0.167. The smallest absolute Gasteiger partial charge is 0.133 e. The highest BCUT2D eigenvalue weighted by Gasteiger charge is 2.23. The van der Waals surface area contributed by atoms with E-state index in [2.05, 4.69) is 36.5 Å². The lowest BCUT2D eigenvalue weighted by Crippen LogP contribution is -2.04. The fourth-order valence-corrected chi connectivity index (χ4v) is 3.01. The van der Waals surface area contributed by atoms with Gasteiger partial charge in [0.1, 0.15) is 5.82 Å². The van der Waals surface area contributed by atoms with Crippen LogP contribution in [0.15, 0.2) is 48.5 Å². The van der Waals surface area contributed by atoms with E-state index in [-0.39, 0.29) is 0 Å². The van der Waals surface area contributed by atoms with Crippen LogP contribution < -0.4 is 5.32 Å². The number of rotatable bonds is 2. The van der Waals surface area contributed by atoms with Crippen molar-refractivity contribution in [3.8, 4) is 16.9 Å². The van der Waals surface area contributed by atoms with Crippen LogP contribution in [0.1, 0.15) is 11.1 Å². The molecule has 110 valence electrons. The molecule has 0 bridgehead atoms. The average Bonchev–Trinajstić information content (AvgIpc) is 3.12. The van der Waals surface area contributed by atoms with Gasteiger partial charge in [-0.3, -0.25) is 0 Å². The SMILES string of the molecule is Cc1ccc(-c2nn(-c3ccc(Cl)cc3)c3c2CCN3)cc1. The summed E-state index contributed by atoms with van der Waals surface area (Å²) in [5, 5.41) is 9.03. The fourth-order valence-electron chi connectivity index (χ4n) is 2.89. The van der Waals surface area contributed by atoms with Gasteiger partial charge in [-0.2, -0.15) is 5.10 Å². The normalized spacial score (nSPS) is 13.0. The largest absolute Gasteiger partial charge is 0.369 e. The number of nitrogens with zero attached hydrogens (tertiary/aromatic N) is 2. The van der Waals surface area contributed by atoms with Crippen LogP contribution in [0.25, 0.3) is 16.9 Å². The average molecular weight is 310 g/mol. The molecule has 0 fully saturated rings. The Hall–Kier alpha value is -2.26. The molecule has 4 rings (SSSR count). The standard InChI is InChI=1S/C18H16ClN3/c1-12-2-4-13(5-3-12)17-16-10-11-20-18(16)22(21-17)15-8-6-14(19)7-9-15/h2-9,20H,10-11H2,1H3. The number of fused-ring (bicyclic) bond motifs is 1. The molecule has 0 spiro atoms. The third kappa shape index (κ3) is 2.18. The van der Waals surface area contributed by atoms with Crippen LogP contribution in [-0.2, 0) is 6.42 Å². The summed E-state index contributed by atoms with van der Waals surface area (Å²) in [7, 11) is 0. The van der Waals surface area contributed by atoms with Crippen molar-refractivity contribution in [3.63, 3.8) is 0 Å². The molecular formula is C18H16ClN3. The van der Waals surface area contributed by atoms with E-state index >= 15 is 0 Å². The quantitative estimate of drug-likeness (QED) is 0.757. The van der Waals surface area contributed by atoms with Crippen LogP contribution in [0.5, 0.6) is 0 Å². The highest BCUT2D eigenvalue weighted by molar-refractivity contribution is 6.30. The summed E-state index contributed by atoms with van der Waals surface area (Å²) in [6.45, 7) is 3.06. The van der Waals surface area contributed by atoms with Gasteiger partial charge in [-0.15, -0.1) is 0 Å². The third-order valence-corrected chi connectivity index (χ3v) is 4.30. The van der Waals surface area contributed by atoms with Gasteiger partial charge in [-0.25, -0.2) is 4.68 Å². The summed E-state index contributed by atoms with van der Waals surface area (Å²) in [6, 6.07) is 16.3. The molecule has 4 heteroatoms. The Balaban J connectivity index is 1.86. The van der Waals surface area contributed by atoms with Gasteiger partial charge in [0.15, 0.2) is 0 Å². The molecule has 0 aliphatic carbocycles. The molecule has 1 aliphatic heterocycles. The van der Waals surface area contributed by atoms with Crippen molar-refractivity contribution in [2.45, 2.75) is 13.3 Å². The molecular weight excluding hydrogens is 294 g/mol. The van der Waals surface area contributed by atoms with Gasteiger partial charge in [0.05, 0.1) is 11.4 Å². The molecule has 1 N–H and O–H groups in total. The monoisotopic (exact) mass is 309 g/mol. The lowest BCUT2D eigenvalue weighted by atomic mass is 10.1. The zero-order valence-corrected chi connectivity index (χ0v) is 13.1. The van der Waals surface area contributed by atoms with E-state index in [1.807, 2.05) is 28.9 Å². The molecule has 22 heavy (non-hydrogen) atoms. The molecule has 2 heterocycles. The molecule has 2 aromatic carbocycles. The first kappa shape index (κ1) is 13.4. The molecule has 1 aromatic heterocycles. The molecule has 3 nitrogen and oxygen atoms in total. The van der Waals surface area contributed by atoms with E-state index < -0.39 is 0 Å². The summed E-state index contributed by atoms with van der Waals surface area (Å²) in [5.74, 6) is 1.10. The van der Waals surface area contributed by atoms with Crippen LogP contribution in [0, 0.1) is 6.92 Å². The number of benzene rings is 2. The van der Waals surface area contributed by atoms with E-state index in [0.29, 0.717) is 0 Å². The lowest BCUT2D eigenvalue weighted by molar-refractivity contribution is 0.882. The first-order valence-electron chi connectivity index (χ1n) is 7.41. The maximum atomic E-state index is 5.99. The van der Waals surface area contributed by atoms with Crippen molar-refractivity contribution in [2.75, 3.05) is 11.9 Å². The second-order valence-electron chi connectivity index (χ2n) is 5.61. The maximum absolute atomic E-state index is 5.99. The Morgan fingerprint density at radius 3 is 2.50 bits per heavy atom. The molecule has 0 saturated heterocycles. The van der Waals surface area contributed by atoms with Gasteiger partial charge in [-0.05, 0) is 37.6 Å². The topological polar surface area (TPSA) is 29.9 Å². The number of hydrogen-bond acceptors (Lipinski definition) is 2. The number of halogens is 1. The van der Waals surface area contributed by atoms with Gasteiger partial charge < -0.3 is 5.32 Å². The first-order valence-corrected chi connectivity index (χ1v) is 7.79. The van der Waals surface area contributed by atoms with Crippen LogP contribution >= 0.6 is 11.6 Å². The molecule has 0 radical (unpaired) electrons. The van der Waals surface area contributed by atoms with E-state index in [0.717, 1.165) is 35.2 Å². The van der Waals surface area contributed by atoms with Crippen molar-refractivity contribution >= 4 is 17.4 Å². The Morgan fingerprint density at radius 1 is 1.05 bits per heavy atom. The van der Waals surface area contributed by atoms with Crippen LogP contribution in [0.3, 0.4) is 0 Å². The predicted molar refractivity (Wildman–Crippen MR) is 90.9 cm³/mol. The van der Waals surface area contributed by atoms with Crippen molar-refractivity contribution in [3.05, 3.63) is 64.7 Å². The van der Waals surface area contributed by atoms with Crippen LogP contribution in [0.2, 0.25) is 5.02 Å². The minimum Gasteiger partial charge on any atom is -0.369 e. The zero-order chi connectivity index (χ0) is 15.1. The second-order valence-corrected chi connectivity index (χ2v) is 6.04. The van der Waals surface area contributed by atoms with Gasteiger partial charge >= 0.3 is 0 Å². The van der Waals surface area contributed by atoms with Crippen molar-refractivity contribution in [1.82, 2.24) is 9.78 Å². The number of aryl methyl sites for hydroxylation is 1. The lowest BCUT2D eigenvalue weighted by Gasteiger charge is -2.06. The van der Waals surface area contributed by atoms with E-state index in [4.69, 9.17) is 16.7 Å². The third-order valence-electron chi connectivity index (χ3n) is 4.05. The molecule has 0 unspecified atom stereocenters. The Labute approximate surface area is 134 Å². The van der Waals surface area contributed by atoms with E-state index in [9.17, 15) is 0 Å². The number of nitrogens with one attached hydrogen (secondary N) is 1. The van der Waals surface area contributed by atoms with Gasteiger partial charge in [0.2, 0.25) is 0 Å². The van der Waals surface area contributed by atoms with E-state index in [1.54, 1.807) is 0 Å². The maximum Gasteiger partial charge on any atom is 0.133 e. The first-order chi connectivity index (χ1) is 10.7. The Bertz CT molecular complexity index is 749. The number of anilines is 1. The zero-order valence-electron chi connectivity index (χ0n) is 12.3. The molecule has 1 aliphatic rings. The van der Waals surface area contributed by atoms with Crippen molar-refractivity contribution in [2.24, 2.45) is 0 Å². The van der Waals surface area contributed by atoms with Gasteiger partial charge in [-0.1, -0.05) is 41.4 Å². The summed E-state index contributed by atoms with van der Waals surface area (Å²) < 4.78 is 1.98. The molecule has 3 aromatic rings. The summed E-state index contributed by atoms with van der Waals surface area (Å²) >= 11 is 5.99. The highest BCUT2D eigenvalue weighted by Crippen LogP contribution is 2.34.